The van der Waals surface area contributed by atoms with E-state index >= 15 is 0 Å². The van der Waals surface area contributed by atoms with Crippen molar-refractivity contribution in [2.24, 2.45) is 0 Å². The summed E-state index contributed by atoms with van der Waals surface area (Å²) in [5, 5.41) is 2.43. The molecule has 3 amide bonds. The van der Waals surface area contributed by atoms with Crippen LogP contribution in [0.5, 0.6) is 0 Å². The molecule has 0 spiro atoms. The number of carbonyl (C=O) groups excluding carboxylic acids is 2. The maximum Gasteiger partial charge on any atom is 0.320 e. The first-order chi connectivity index (χ1) is 13.4. The van der Waals surface area contributed by atoms with Gasteiger partial charge in [0.2, 0.25) is 5.91 Å². The number of carbonyl (C=O) groups is 2. The Morgan fingerprint density at radius 3 is 2.75 bits per heavy atom. The number of allylic oxidation sites excluding steroid dienone is 2. The lowest BCUT2D eigenvalue weighted by Gasteiger charge is -2.28. The van der Waals surface area contributed by atoms with Gasteiger partial charge in [-0.2, -0.15) is 0 Å². The summed E-state index contributed by atoms with van der Waals surface area (Å²) in [6.07, 6.45) is -1.23. The van der Waals surface area contributed by atoms with E-state index < -0.39 is 18.4 Å². The molecular weight excluding hydrogens is 394 g/mol. The summed E-state index contributed by atoms with van der Waals surface area (Å²) in [4.78, 5) is 30.2. The number of hydrogen-bond donors (Lipinski definition) is 1. The summed E-state index contributed by atoms with van der Waals surface area (Å²) in [6, 6.07) is -0.841. The van der Waals surface area contributed by atoms with Gasteiger partial charge >= 0.3 is 6.03 Å². The monoisotopic (exact) mass is 418 g/mol. The number of amides is 3. The van der Waals surface area contributed by atoms with Crippen LogP contribution >= 0.6 is 11.6 Å². The molecule has 0 radical (unpaired) electrons. The van der Waals surface area contributed by atoms with Crippen LogP contribution in [-0.2, 0) is 9.53 Å². The van der Waals surface area contributed by atoms with Crippen molar-refractivity contribution in [1.82, 2.24) is 20.0 Å². The maximum absolute atomic E-state index is 13.6. The van der Waals surface area contributed by atoms with E-state index in [4.69, 9.17) is 16.3 Å². The van der Waals surface area contributed by atoms with Gasteiger partial charge in [0.05, 0.1) is 24.8 Å². The Bertz CT molecular complexity index is 669. The van der Waals surface area contributed by atoms with Crippen LogP contribution < -0.4 is 5.32 Å². The van der Waals surface area contributed by atoms with Gasteiger partial charge in [0, 0.05) is 39.8 Å². The number of halogens is 3. The average molecular weight is 419 g/mol. The largest absolute Gasteiger partial charge is 0.379 e. The van der Waals surface area contributed by atoms with E-state index in [1.165, 1.54) is 11.0 Å². The van der Waals surface area contributed by atoms with Crippen LogP contribution in [0.1, 0.15) is 0 Å². The first kappa shape index (κ1) is 21.0. The summed E-state index contributed by atoms with van der Waals surface area (Å²) in [7, 11) is 1.58. The van der Waals surface area contributed by atoms with Crippen LogP contribution in [0, 0.1) is 0 Å². The number of urea groups is 1. The van der Waals surface area contributed by atoms with Gasteiger partial charge in [-0.15, -0.1) is 0 Å². The van der Waals surface area contributed by atoms with E-state index in [0.717, 1.165) is 25.7 Å². The minimum Gasteiger partial charge on any atom is -0.379 e. The Labute approximate surface area is 167 Å². The second-order valence-electron chi connectivity index (χ2n) is 7.11. The van der Waals surface area contributed by atoms with Crippen molar-refractivity contribution in [3.63, 3.8) is 0 Å². The fourth-order valence-corrected chi connectivity index (χ4v) is 3.69. The quantitative estimate of drug-likeness (QED) is 0.696. The molecule has 28 heavy (non-hydrogen) atoms. The van der Waals surface area contributed by atoms with Gasteiger partial charge < -0.3 is 19.9 Å². The summed E-state index contributed by atoms with van der Waals surface area (Å²) in [5.74, 6) is -0.354. The molecule has 3 atom stereocenters. The van der Waals surface area contributed by atoms with Gasteiger partial charge in [-0.3, -0.25) is 9.69 Å². The number of hydrogen-bond acceptors (Lipinski definition) is 4. The third-order valence-corrected chi connectivity index (χ3v) is 5.74. The van der Waals surface area contributed by atoms with Crippen molar-refractivity contribution >= 4 is 23.5 Å². The molecule has 3 unspecified atom stereocenters. The zero-order valence-corrected chi connectivity index (χ0v) is 16.5. The van der Waals surface area contributed by atoms with Crippen molar-refractivity contribution in [3.05, 3.63) is 22.8 Å². The number of ether oxygens (including phenoxy) is 1. The highest BCUT2D eigenvalue weighted by Gasteiger charge is 2.39. The molecule has 1 N–H and O–H groups in total. The summed E-state index contributed by atoms with van der Waals surface area (Å²) < 4.78 is 32.2. The average Bonchev–Trinajstić information content (AvgIpc) is 2.99. The predicted molar refractivity (Wildman–Crippen MR) is 101 cm³/mol. The summed E-state index contributed by atoms with van der Waals surface area (Å²) in [5.41, 5.74) is 0.326. The van der Waals surface area contributed by atoms with Gasteiger partial charge in [0.25, 0.3) is 0 Å². The molecule has 0 aromatic heterocycles. The Hall–Kier alpha value is -1.71. The molecule has 0 saturated carbocycles. The minimum atomic E-state index is -1.91. The summed E-state index contributed by atoms with van der Waals surface area (Å²) >= 11 is 5.84. The molecule has 2 saturated heterocycles. The van der Waals surface area contributed by atoms with Crippen LogP contribution in [0.15, 0.2) is 22.8 Å². The number of morpholine rings is 1. The van der Waals surface area contributed by atoms with Crippen LogP contribution in [-0.4, -0.2) is 105 Å². The van der Waals surface area contributed by atoms with E-state index in [2.05, 4.69) is 10.2 Å². The summed E-state index contributed by atoms with van der Waals surface area (Å²) in [6.45, 7) is 4.57. The molecule has 0 bridgehead atoms. The molecule has 0 aromatic rings. The first-order valence-corrected chi connectivity index (χ1v) is 9.70. The number of nitrogens with one attached hydrogen (secondary N) is 1. The molecule has 10 heteroatoms. The lowest BCUT2D eigenvalue weighted by molar-refractivity contribution is -0.124. The molecule has 3 aliphatic rings. The van der Waals surface area contributed by atoms with E-state index in [9.17, 15) is 18.4 Å². The van der Waals surface area contributed by atoms with Crippen LogP contribution in [0.4, 0.5) is 13.6 Å². The van der Waals surface area contributed by atoms with Gasteiger partial charge in [-0.05, 0) is 11.6 Å². The second-order valence-corrected chi connectivity index (χ2v) is 7.51. The molecule has 0 aromatic carbocycles. The van der Waals surface area contributed by atoms with Crippen molar-refractivity contribution in [1.29, 1.82) is 0 Å². The molecular formula is C18H25ClF2N4O3. The van der Waals surface area contributed by atoms with Gasteiger partial charge in [-0.1, -0.05) is 17.7 Å². The molecule has 2 fully saturated rings. The topological polar surface area (TPSA) is 65.1 Å². The Kier molecular flexibility index (Phi) is 6.90. The number of nitrogens with zero attached hydrogens (tertiary/aromatic N) is 3. The maximum atomic E-state index is 13.6. The molecule has 3 rings (SSSR count). The molecule has 156 valence electrons. The number of likely N-dealkylation sites (N-methyl/N-ethyl adjacent to an activating group) is 1. The number of alkyl halides is 2. The standard InChI is InChI=1S/C18H25ClF2N4O3/c1-23-14(11-25(18(23)27)5-4-24-6-8-28-9-7-24)17(26)22-10-12-2-3-13(20)16(21)15(12)19/h2-3,13-14,16H,4-11H2,1H3,(H,22,26). The van der Waals surface area contributed by atoms with E-state index in [1.807, 2.05) is 0 Å². The highest BCUT2D eigenvalue weighted by atomic mass is 35.5. The molecule has 7 nitrogen and oxygen atoms in total. The van der Waals surface area contributed by atoms with Crippen LogP contribution in [0.2, 0.25) is 0 Å². The second kappa shape index (κ2) is 9.19. The van der Waals surface area contributed by atoms with Gasteiger partial charge in [0.1, 0.15) is 6.04 Å². The van der Waals surface area contributed by atoms with Crippen molar-refractivity contribution in [3.8, 4) is 0 Å². The lowest BCUT2D eigenvalue weighted by atomic mass is 10.0. The third-order valence-electron chi connectivity index (χ3n) is 5.29. The van der Waals surface area contributed by atoms with Gasteiger partial charge in [0.15, 0.2) is 12.3 Å². The Morgan fingerprint density at radius 2 is 2.04 bits per heavy atom. The highest BCUT2D eigenvalue weighted by molar-refractivity contribution is 6.31. The van der Waals surface area contributed by atoms with Gasteiger partial charge in [-0.25, -0.2) is 13.6 Å². The Morgan fingerprint density at radius 1 is 1.32 bits per heavy atom. The van der Waals surface area contributed by atoms with Crippen LogP contribution in [0.3, 0.4) is 0 Å². The van der Waals surface area contributed by atoms with E-state index in [0.29, 0.717) is 25.3 Å². The molecule has 2 heterocycles. The first-order valence-electron chi connectivity index (χ1n) is 9.33. The minimum absolute atomic E-state index is 0.0202. The van der Waals surface area contributed by atoms with Crippen molar-refractivity contribution in [2.45, 2.75) is 18.4 Å². The smallest absolute Gasteiger partial charge is 0.320 e. The fourth-order valence-electron chi connectivity index (χ4n) is 3.44. The zero-order chi connectivity index (χ0) is 20.3. The van der Waals surface area contributed by atoms with E-state index in [-0.39, 0.29) is 30.1 Å². The molecule has 2 aliphatic heterocycles. The highest BCUT2D eigenvalue weighted by Crippen LogP contribution is 2.27. The SMILES string of the molecule is CN1C(=O)N(CCN2CCOCC2)CC1C(=O)NCC1=C(Cl)C(F)C(F)C=C1. The third kappa shape index (κ3) is 4.64. The fraction of sp³-hybridized carbons (Fsp3) is 0.667. The lowest BCUT2D eigenvalue weighted by Crippen LogP contribution is -2.44. The van der Waals surface area contributed by atoms with E-state index in [1.54, 1.807) is 11.9 Å². The van der Waals surface area contributed by atoms with Crippen molar-refractivity contribution < 1.29 is 23.1 Å². The predicted octanol–water partition coefficient (Wildman–Crippen LogP) is 0.910. The zero-order valence-electron chi connectivity index (χ0n) is 15.7. The van der Waals surface area contributed by atoms with Crippen LogP contribution in [0.25, 0.3) is 0 Å². The Balaban J connectivity index is 1.51. The van der Waals surface area contributed by atoms with Crippen molar-refractivity contribution in [2.75, 3.05) is 59.5 Å². The number of rotatable bonds is 6. The normalized spacial score (nSPS) is 29.0. The molecule has 1 aliphatic carbocycles.